The number of fused-ring (bicyclic) bond motifs is 5. The van der Waals surface area contributed by atoms with Crippen LogP contribution in [0.25, 0.3) is 0 Å². The lowest BCUT2D eigenvalue weighted by molar-refractivity contribution is -0.148. The van der Waals surface area contributed by atoms with E-state index in [4.69, 9.17) is 4.74 Å². The van der Waals surface area contributed by atoms with Crippen molar-refractivity contribution in [2.24, 2.45) is 34.5 Å². The average molecular weight is 495 g/mol. The average Bonchev–Trinajstić information content (AvgIpc) is 3.17. The molecule has 3 saturated carbocycles. The van der Waals surface area contributed by atoms with Gasteiger partial charge in [-0.05, 0) is 85.5 Å². The van der Waals surface area contributed by atoms with Gasteiger partial charge in [0, 0.05) is 24.5 Å². The number of hydrogen-bond acceptors (Lipinski definition) is 4. The largest absolute Gasteiger partial charge is 0.462 e. The van der Waals surface area contributed by atoms with Crippen molar-refractivity contribution in [3.63, 3.8) is 0 Å². The minimum absolute atomic E-state index is 0.0561. The molecule has 0 radical (unpaired) electrons. The van der Waals surface area contributed by atoms with Crippen molar-refractivity contribution in [2.45, 2.75) is 96.8 Å². The molecule has 0 saturated heterocycles. The van der Waals surface area contributed by atoms with E-state index in [9.17, 15) is 9.59 Å². The van der Waals surface area contributed by atoms with Gasteiger partial charge in [0.05, 0.1) is 0 Å². The van der Waals surface area contributed by atoms with E-state index >= 15 is 0 Å². The van der Waals surface area contributed by atoms with E-state index in [1.165, 1.54) is 37.3 Å². The van der Waals surface area contributed by atoms with E-state index in [-0.39, 0.29) is 28.8 Å². The van der Waals surface area contributed by atoms with Crippen LogP contribution in [-0.2, 0) is 20.7 Å². The standard InChI is InChI=1S/C31H42O3S/c1-20(18-22-8-6-5-7-9-22)35-29(33)28-13-12-26-25-11-10-23-19-24(34-21(2)32)14-16-30(23,3)27(25)15-17-31(26,28)4/h5-10,20,24-28H,11-19H2,1-4H3/t20-,24+,25+,26+,27+,28-,30+,31+/m1/s1. The Bertz CT molecular complexity index is 986. The molecule has 0 heterocycles. The van der Waals surface area contributed by atoms with Gasteiger partial charge >= 0.3 is 5.97 Å². The van der Waals surface area contributed by atoms with E-state index in [0.717, 1.165) is 38.5 Å². The highest BCUT2D eigenvalue weighted by Crippen LogP contribution is 2.66. The van der Waals surface area contributed by atoms with Gasteiger partial charge in [-0.2, -0.15) is 0 Å². The first kappa shape index (κ1) is 25.1. The van der Waals surface area contributed by atoms with Gasteiger partial charge in [0.25, 0.3) is 0 Å². The highest BCUT2D eigenvalue weighted by Gasteiger charge is 2.60. The lowest BCUT2D eigenvalue weighted by atomic mass is 9.47. The highest BCUT2D eigenvalue weighted by atomic mass is 32.2. The second kappa shape index (κ2) is 9.72. The highest BCUT2D eigenvalue weighted by molar-refractivity contribution is 8.14. The molecule has 1 aromatic carbocycles. The number of rotatable bonds is 5. The SMILES string of the molecule is CC(=O)O[C@H]1CC[C@@]2(C)C(=CC[C@H]3[C@@H]4CC[C@H](C(=O)S[C@H](C)Cc5ccccc5)[C@@]4(C)CC[C@@H]32)C1. The molecule has 3 nitrogen and oxygen atoms in total. The van der Waals surface area contributed by atoms with Crippen LogP contribution in [0.3, 0.4) is 0 Å². The number of esters is 1. The van der Waals surface area contributed by atoms with Crippen molar-refractivity contribution in [1.82, 2.24) is 0 Å². The normalized spacial score (nSPS) is 39.0. The van der Waals surface area contributed by atoms with E-state index in [1.54, 1.807) is 11.8 Å². The van der Waals surface area contributed by atoms with Gasteiger partial charge in [-0.3, -0.25) is 9.59 Å². The summed E-state index contributed by atoms with van der Waals surface area (Å²) < 4.78 is 5.60. The molecule has 0 N–H and O–H groups in total. The van der Waals surface area contributed by atoms with Crippen molar-refractivity contribution in [2.75, 3.05) is 0 Å². The molecular formula is C31H42O3S. The van der Waals surface area contributed by atoms with Crippen molar-refractivity contribution < 1.29 is 14.3 Å². The number of carbonyl (C=O) groups excluding carboxylic acids is 2. The Morgan fingerprint density at radius 2 is 1.83 bits per heavy atom. The van der Waals surface area contributed by atoms with Gasteiger partial charge in [-0.25, -0.2) is 0 Å². The van der Waals surface area contributed by atoms with Crippen LogP contribution in [0.2, 0.25) is 0 Å². The monoisotopic (exact) mass is 494 g/mol. The molecule has 5 rings (SSSR count). The molecule has 8 atom stereocenters. The number of benzene rings is 1. The van der Waals surface area contributed by atoms with Crippen LogP contribution < -0.4 is 0 Å². The molecule has 0 bridgehead atoms. The van der Waals surface area contributed by atoms with Crippen molar-refractivity contribution >= 4 is 22.8 Å². The van der Waals surface area contributed by atoms with Crippen LogP contribution in [-0.4, -0.2) is 22.4 Å². The molecular weight excluding hydrogens is 452 g/mol. The summed E-state index contributed by atoms with van der Waals surface area (Å²) in [6.07, 6.45) is 12.4. The van der Waals surface area contributed by atoms with E-state index < -0.39 is 0 Å². The summed E-state index contributed by atoms with van der Waals surface area (Å²) in [5, 5.41) is 0.757. The molecule has 4 aliphatic rings. The minimum atomic E-state index is -0.154. The Balaban J connectivity index is 1.27. The Hall–Kier alpha value is -1.55. The fourth-order valence-electron chi connectivity index (χ4n) is 8.62. The maximum absolute atomic E-state index is 13.6. The molecule has 0 unspecified atom stereocenters. The van der Waals surface area contributed by atoms with Gasteiger partial charge in [-0.1, -0.05) is 74.5 Å². The Kier molecular flexibility index (Phi) is 6.98. The van der Waals surface area contributed by atoms with Crippen molar-refractivity contribution in [3.8, 4) is 0 Å². The lowest BCUT2D eigenvalue weighted by Crippen LogP contribution is -2.51. The molecule has 1 aromatic rings. The third kappa shape index (κ3) is 4.65. The van der Waals surface area contributed by atoms with Crippen LogP contribution >= 0.6 is 11.8 Å². The quantitative estimate of drug-likeness (QED) is 0.316. The molecule has 35 heavy (non-hydrogen) atoms. The Morgan fingerprint density at radius 1 is 1.06 bits per heavy atom. The number of hydrogen-bond donors (Lipinski definition) is 0. The molecule has 4 aliphatic carbocycles. The molecule has 3 fully saturated rings. The van der Waals surface area contributed by atoms with E-state index in [1.807, 2.05) is 0 Å². The van der Waals surface area contributed by atoms with Crippen LogP contribution in [0.1, 0.15) is 84.6 Å². The zero-order valence-corrected chi connectivity index (χ0v) is 22.7. The fraction of sp³-hybridized carbons (Fsp3) is 0.677. The van der Waals surface area contributed by atoms with E-state index in [2.05, 4.69) is 57.2 Å². The van der Waals surface area contributed by atoms with Crippen LogP contribution in [0.5, 0.6) is 0 Å². The first-order chi connectivity index (χ1) is 16.7. The van der Waals surface area contributed by atoms with Gasteiger partial charge in [0.2, 0.25) is 0 Å². The summed E-state index contributed by atoms with van der Waals surface area (Å²) in [6.45, 7) is 8.67. The summed E-state index contributed by atoms with van der Waals surface area (Å²) in [7, 11) is 0. The molecule has 0 spiro atoms. The molecule has 0 aromatic heterocycles. The summed E-state index contributed by atoms with van der Waals surface area (Å²) in [6, 6.07) is 10.6. The first-order valence-corrected chi connectivity index (χ1v) is 14.7. The van der Waals surface area contributed by atoms with Gasteiger partial charge in [0.15, 0.2) is 5.12 Å². The van der Waals surface area contributed by atoms with Crippen LogP contribution in [0.4, 0.5) is 0 Å². The summed E-state index contributed by atoms with van der Waals surface area (Å²) in [5.41, 5.74) is 3.24. The van der Waals surface area contributed by atoms with Crippen LogP contribution in [0.15, 0.2) is 42.0 Å². The number of thioether (sulfide) groups is 1. The number of carbonyl (C=O) groups is 2. The predicted octanol–water partition coefficient (Wildman–Crippen LogP) is 7.39. The zero-order chi connectivity index (χ0) is 24.8. The third-order valence-electron chi connectivity index (χ3n) is 10.4. The van der Waals surface area contributed by atoms with Crippen molar-refractivity contribution in [3.05, 3.63) is 47.5 Å². The predicted molar refractivity (Wildman–Crippen MR) is 143 cm³/mol. The molecule has 190 valence electrons. The van der Waals surface area contributed by atoms with Gasteiger partial charge in [0.1, 0.15) is 6.10 Å². The second-order valence-corrected chi connectivity index (χ2v) is 13.8. The Labute approximate surface area is 215 Å². The second-order valence-electron chi connectivity index (χ2n) is 12.3. The van der Waals surface area contributed by atoms with E-state index in [0.29, 0.717) is 28.1 Å². The van der Waals surface area contributed by atoms with Crippen molar-refractivity contribution in [1.29, 1.82) is 0 Å². The zero-order valence-electron chi connectivity index (χ0n) is 21.9. The summed E-state index contributed by atoms with van der Waals surface area (Å²) >= 11 is 1.61. The lowest BCUT2D eigenvalue weighted by Gasteiger charge is -2.58. The number of allylic oxidation sites excluding steroid dienone is 1. The summed E-state index contributed by atoms with van der Waals surface area (Å²) in [5.74, 6) is 2.10. The smallest absolute Gasteiger partial charge is 0.302 e. The molecule has 0 amide bonds. The van der Waals surface area contributed by atoms with Gasteiger partial charge < -0.3 is 4.74 Å². The minimum Gasteiger partial charge on any atom is -0.462 e. The first-order valence-electron chi connectivity index (χ1n) is 13.8. The molecule has 0 aliphatic heterocycles. The molecule has 4 heteroatoms. The fourth-order valence-corrected chi connectivity index (χ4v) is 9.84. The maximum Gasteiger partial charge on any atom is 0.302 e. The summed E-state index contributed by atoms with van der Waals surface area (Å²) in [4.78, 5) is 25.1. The topological polar surface area (TPSA) is 43.4 Å². The Morgan fingerprint density at radius 3 is 2.57 bits per heavy atom. The third-order valence-corrected chi connectivity index (χ3v) is 11.4. The van der Waals surface area contributed by atoms with Gasteiger partial charge in [-0.15, -0.1) is 0 Å². The number of ether oxygens (including phenoxy) is 1. The van der Waals surface area contributed by atoms with Crippen LogP contribution in [0, 0.1) is 34.5 Å². The maximum atomic E-state index is 13.6.